The van der Waals surface area contributed by atoms with Gasteiger partial charge >= 0.3 is 6.18 Å². The fourth-order valence-electron chi connectivity index (χ4n) is 3.67. The van der Waals surface area contributed by atoms with E-state index in [9.17, 15) is 22.8 Å². The molecule has 2 heterocycles. The number of pyridine rings is 1. The first-order valence-corrected chi connectivity index (χ1v) is 11.3. The van der Waals surface area contributed by atoms with Crippen LogP contribution < -0.4 is 16.0 Å². The second-order valence-corrected chi connectivity index (χ2v) is 8.72. The molecular formula is C26H25F3N6O2. The minimum absolute atomic E-state index is 0.136. The van der Waals surface area contributed by atoms with Crippen LogP contribution in [0.15, 0.2) is 60.9 Å². The van der Waals surface area contributed by atoms with Crippen molar-refractivity contribution in [3.05, 3.63) is 83.2 Å². The number of H-pyrrole nitrogens is 1. The summed E-state index contributed by atoms with van der Waals surface area (Å²) in [5, 5.41) is 9.46. The van der Waals surface area contributed by atoms with E-state index in [1.807, 2.05) is 25.1 Å². The quantitative estimate of drug-likeness (QED) is 0.252. The van der Waals surface area contributed by atoms with E-state index in [-0.39, 0.29) is 5.56 Å². The minimum Gasteiger partial charge on any atom is -0.371 e. The Hall–Kier alpha value is -4.38. The van der Waals surface area contributed by atoms with Crippen LogP contribution in [0.1, 0.15) is 31.8 Å². The molecular weight excluding hydrogens is 485 g/mol. The molecule has 37 heavy (non-hydrogen) atoms. The Morgan fingerprint density at radius 2 is 1.81 bits per heavy atom. The van der Waals surface area contributed by atoms with Crippen molar-refractivity contribution >= 4 is 39.9 Å². The van der Waals surface area contributed by atoms with E-state index in [1.165, 1.54) is 18.3 Å². The maximum atomic E-state index is 13.3. The highest BCUT2D eigenvalue weighted by molar-refractivity contribution is 6.12. The molecule has 2 aromatic heterocycles. The van der Waals surface area contributed by atoms with Crippen LogP contribution >= 0.6 is 0 Å². The average Bonchev–Trinajstić information content (AvgIpc) is 3.33. The second kappa shape index (κ2) is 10.3. The van der Waals surface area contributed by atoms with Crippen molar-refractivity contribution in [1.29, 1.82) is 0 Å². The Labute approximate surface area is 210 Å². The standard InChI is InChI=1S/C26H25F3N6O2/c1-15-7-8-18(33-24(36)16-5-4-6-17(11-16)26(27,28)29)12-21(15)34-25(37)20-13-31-23-19(9-10-30-23)22(20)32-14-35(2)3/h4-13H,14H2,1-3H3,(H,33,36)(H,34,37)(H2,30,31,32). The Morgan fingerprint density at radius 1 is 1.03 bits per heavy atom. The normalized spacial score (nSPS) is 11.5. The number of rotatable bonds is 7. The summed E-state index contributed by atoms with van der Waals surface area (Å²) in [7, 11) is 3.79. The number of hydrogen-bond acceptors (Lipinski definition) is 5. The zero-order valence-corrected chi connectivity index (χ0v) is 20.3. The summed E-state index contributed by atoms with van der Waals surface area (Å²) in [5.74, 6) is -1.12. The van der Waals surface area contributed by atoms with Gasteiger partial charge in [0.1, 0.15) is 5.65 Å². The highest BCUT2D eigenvalue weighted by atomic mass is 19.4. The van der Waals surface area contributed by atoms with Crippen LogP contribution in [0.2, 0.25) is 0 Å². The summed E-state index contributed by atoms with van der Waals surface area (Å²) < 4.78 is 39.0. The van der Waals surface area contributed by atoms with Crippen LogP contribution in [0.3, 0.4) is 0 Å². The topological polar surface area (TPSA) is 102 Å². The van der Waals surface area contributed by atoms with Gasteiger partial charge in [0.2, 0.25) is 0 Å². The number of anilines is 3. The van der Waals surface area contributed by atoms with Crippen LogP contribution in [-0.4, -0.2) is 47.4 Å². The van der Waals surface area contributed by atoms with E-state index in [0.717, 1.165) is 23.1 Å². The summed E-state index contributed by atoms with van der Waals surface area (Å²) >= 11 is 0. The van der Waals surface area contributed by atoms with Gasteiger partial charge in [-0.3, -0.25) is 14.5 Å². The third-order valence-electron chi connectivity index (χ3n) is 5.60. The van der Waals surface area contributed by atoms with E-state index in [0.29, 0.717) is 34.9 Å². The monoisotopic (exact) mass is 510 g/mol. The molecule has 4 rings (SSSR count). The van der Waals surface area contributed by atoms with E-state index in [2.05, 4.69) is 25.9 Å². The van der Waals surface area contributed by atoms with E-state index < -0.39 is 23.6 Å². The van der Waals surface area contributed by atoms with Gasteiger partial charge in [0.05, 0.1) is 23.5 Å². The number of benzene rings is 2. The van der Waals surface area contributed by atoms with Gasteiger partial charge in [-0.25, -0.2) is 4.98 Å². The van der Waals surface area contributed by atoms with Crippen molar-refractivity contribution in [2.24, 2.45) is 0 Å². The molecule has 0 saturated heterocycles. The van der Waals surface area contributed by atoms with Crippen molar-refractivity contribution in [2.45, 2.75) is 13.1 Å². The fourth-order valence-corrected chi connectivity index (χ4v) is 3.67. The van der Waals surface area contributed by atoms with E-state index in [4.69, 9.17) is 0 Å². The molecule has 0 saturated carbocycles. The first-order chi connectivity index (χ1) is 17.5. The molecule has 8 nitrogen and oxygen atoms in total. The molecule has 0 spiro atoms. The summed E-state index contributed by atoms with van der Waals surface area (Å²) in [6.07, 6.45) is -1.35. The lowest BCUT2D eigenvalue weighted by molar-refractivity contribution is -0.137. The lowest BCUT2D eigenvalue weighted by atomic mass is 10.1. The molecule has 0 radical (unpaired) electrons. The van der Waals surface area contributed by atoms with Gasteiger partial charge < -0.3 is 20.9 Å². The molecule has 0 bridgehead atoms. The summed E-state index contributed by atoms with van der Waals surface area (Å²) in [5.41, 5.74) is 1.99. The first kappa shape index (κ1) is 25.7. The van der Waals surface area contributed by atoms with Crippen molar-refractivity contribution in [1.82, 2.24) is 14.9 Å². The largest absolute Gasteiger partial charge is 0.416 e. The molecule has 0 aliphatic carbocycles. The zero-order valence-electron chi connectivity index (χ0n) is 20.3. The number of aromatic amines is 1. The van der Waals surface area contributed by atoms with Crippen molar-refractivity contribution in [3.63, 3.8) is 0 Å². The number of carbonyl (C=O) groups excluding carboxylic acids is 2. The van der Waals surface area contributed by atoms with Crippen LogP contribution in [0, 0.1) is 6.92 Å². The highest BCUT2D eigenvalue weighted by Gasteiger charge is 2.31. The smallest absolute Gasteiger partial charge is 0.371 e. The van der Waals surface area contributed by atoms with Gasteiger partial charge in [0.15, 0.2) is 0 Å². The number of hydrogen-bond donors (Lipinski definition) is 4. The number of alkyl halides is 3. The third kappa shape index (κ3) is 5.89. The first-order valence-electron chi connectivity index (χ1n) is 11.3. The van der Waals surface area contributed by atoms with Crippen molar-refractivity contribution in [2.75, 3.05) is 36.7 Å². The van der Waals surface area contributed by atoms with Gasteiger partial charge in [-0.1, -0.05) is 12.1 Å². The maximum absolute atomic E-state index is 13.3. The summed E-state index contributed by atoms with van der Waals surface area (Å²) in [6.45, 7) is 2.27. The van der Waals surface area contributed by atoms with Crippen molar-refractivity contribution < 1.29 is 22.8 Å². The highest BCUT2D eigenvalue weighted by Crippen LogP contribution is 2.30. The molecule has 0 unspecified atom stereocenters. The molecule has 4 N–H and O–H groups in total. The molecule has 0 aliphatic heterocycles. The number of carbonyl (C=O) groups is 2. The average molecular weight is 511 g/mol. The Morgan fingerprint density at radius 3 is 2.54 bits per heavy atom. The summed E-state index contributed by atoms with van der Waals surface area (Å²) in [4.78, 5) is 35.2. The molecule has 2 amide bonds. The predicted molar refractivity (Wildman–Crippen MR) is 137 cm³/mol. The number of halogens is 3. The number of aromatic nitrogens is 2. The molecule has 0 fully saturated rings. The Kier molecular flexibility index (Phi) is 7.16. The lowest BCUT2D eigenvalue weighted by Gasteiger charge is -2.17. The van der Waals surface area contributed by atoms with Crippen LogP contribution in [-0.2, 0) is 6.18 Å². The Bertz CT molecular complexity index is 1460. The lowest BCUT2D eigenvalue weighted by Crippen LogP contribution is -2.23. The zero-order chi connectivity index (χ0) is 26.7. The molecule has 0 aliphatic rings. The van der Waals surface area contributed by atoms with Gasteiger partial charge in [0.25, 0.3) is 11.8 Å². The fraction of sp³-hybridized carbons (Fsp3) is 0.192. The van der Waals surface area contributed by atoms with Crippen LogP contribution in [0.25, 0.3) is 11.0 Å². The molecule has 11 heteroatoms. The van der Waals surface area contributed by atoms with Gasteiger partial charge in [-0.2, -0.15) is 13.2 Å². The number of fused-ring (bicyclic) bond motifs is 1. The predicted octanol–water partition coefficient (Wildman–Crippen LogP) is 5.33. The van der Waals surface area contributed by atoms with Gasteiger partial charge in [-0.05, 0) is 63.0 Å². The third-order valence-corrected chi connectivity index (χ3v) is 5.60. The van der Waals surface area contributed by atoms with Gasteiger partial charge in [0, 0.05) is 34.7 Å². The second-order valence-electron chi connectivity index (χ2n) is 8.72. The van der Waals surface area contributed by atoms with Crippen LogP contribution in [0.4, 0.5) is 30.2 Å². The van der Waals surface area contributed by atoms with Gasteiger partial charge in [-0.15, -0.1) is 0 Å². The molecule has 192 valence electrons. The number of nitrogens with zero attached hydrogens (tertiary/aromatic N) is 2. The minimum atomic E-state index is -4.56. The van der Waals surface area contributed by atoms with E-state index >= 15 is 0 Å². The molecule has 2 aromatic carbocycles. The van der Waals surface area contributed by atoms with Crippen LogP contribution in [0.5, 0.6) is 0 Å². The maximum Gasteiger partial charge on any atom is 0.416 e. The van der Waals surface area contributed by atoms with E-state index in [1.54, 1.807) is 31.3 Å². The number of nitrogens with one attached hydrogen (secondary N) is 4. The molecule has 4 aromatic rings. The molecule has 0 atom stereocenters. The number of aryl methyl sites for hydroxylation is 1. The van der Waals surface area contributed by atoms with Crippen molar-refractivity contribution in [3.8, 4) is 0 Å². The number of amides is 2. The summed E-state index contributed by atoms with van der Waals surface area (Å²) in [6, 6.07) is 10.8. The SMILES string of the molecule is Cc1ccc(NC(=O)c2cccc(C(F)(F)F)c2)cc1NC(=O)c1cnc2[nH]ccc2c1NCN(C)C. The Balaban J connectivity index is 1.57.